The molecule has 0 aliphatic carbocycles. The maximum Gasteiger partial charge on any atom is 0.361 e. The Morgan fingerprint density at radius 1 is 0.894 bits per heavy atom. The van der Waals surface area contributed by atoms with Gasteiger partial charge in [0.1, 0.15) is 46.5 Å². The second-order valence-electron chi connectivity index (χ2n) is 15.3. The molecule has 0 radical (unpaired) electrons. The van der Waals surface area contributed by atoms with Gasteiger partial charge in [-0.2, -0.15) is 0 Å². The number of fused-ring (bicyclic) bond motifs is 2. The van der Waals surface area contributed by atoms with E-state index in [2.05, 4.69) is 77.1 Å². The number of amides is 2. The van der Waals surface area contributed by atoms with Crippen LogP contribution in [-0.2, 0) is 26.3 Å². The number of thioether (sulfide) groups is 2. The van der Waals surface area contributed by atoms with E-state index in [1.807, 2.05) is 54.6 Å². The summed E-state index contributed by atoms with van der Waals surface area (Å²) in [4.78, 5) is 59.1. The SMILES string of the molecule is CCCc1ccc2sc(SC3=C(C(=O)Oc4ccc(OC)cc4)N4C(=O)[C@@H](NC(=O)C(=NCCF)c5cnc(NC(c6ccccc6)(c6ccccc6)c6ccccc6)s5)C4SC3)nc2c1. The van der Waals surface area contributed by atoms with E-state index in [0.29, 0.717) is 26.4 Å². The normalized spacial score (nSPS) is 16.1. The minimum atomic E-state index is -1.01. The lowest BCUT2D eigenvalue weighted by molar-refractivity contribution is -0.149. The number of carbonyl (C=O) groups excluding carboxylic acids is 3. The predicted molar refractivity (Wildman–Crippen MR) is 262 cm³/mol. The number of benzene rings is 5. The van der Waals surface area contributed by atoms with Gasteiger partial charge in [-0.1, -0.05) is 134 Å². The molecule has 2 amide bonds. The van der Waals surface area contributed by atoms with Crippen molar-refractivity contribution in [1.82, 2.24) is 20.2 Å². The van der Waals surface area contributed by atoms with Gasteiger partial charge in [0.25, 0.3) is 11.8 Å². The third-order valence-electron chi connectivity index (χ3n) is 11.1. The number of rotatable bonds is 17. The monoisotopic (exact) mass is 954 g/mol. The number of ether oxygens (including phenoxy) is 2. The van der Waals surface area contributed by atoms with E-state index >= 15 is 0 Å². The fraction of sp³-hybridized carbons (Fsp3) is 0.200. The summed E-state index contributed by atoms with van der Waals surface area (Å²) in [5.74, 6) is -0.674. The fourth-order valence-electron chi connectivity index (χ4n) is 8.01. The van der Waals surface area contributed by atoms with E-state index in [1.165, 1.54) is 62.9 Å². The molecule has 11 nitrogen and oxygen atoms in total. The molecule has 2 aliphatic rings. The van der Waals surface area contributed by atoms with Gasteiger partial charge in [-0.3, -0.25) is 19.5 Å². The molecule has 9 rings (SSSR count). The summed E-state index contributed by atoms with van der Waals surface area (Å²) in [5.41, 5.74) is 4.10. The Morgan fingerprint density at radius 3 is 2.17 bits per heavy atom. The molecule has 4 heterocycles. The molecule has 1 unspecified atom stereocenters. The number of nitrogens with zero attached hydrogens (tertiary/aromatic N) is 4. The summed E-state index contributed by atoms with van der Waals surface area (Å²) in [5, 5.41) is 6.44. The zero-order chi connectivity index (χ0) is 45.6. The van der Waals surface area contributed by atoms with Gasteiger partial charge in [-0.05, 0) is 65.1 Å². The molecular formula is C50H43FN6O5S4. The highest BCUT2D eigenvalue weighted by Gasteiger charge is 2.55. The van der Waals surface area contributed by atoms with Gasteiger partial charge in [-0.25, -0.2) is 19.2 Å². The predicted octanol–water partition coefficient (Wildman–Crippen LogP) is 9.89. The molecule has 334 valence electrons. The zero-order valence-corrected chi connectivity index (χ0v) is 39.1. The highest BCUT2D eigenvalue weighted by atomic mass is 32.2. The van der Waals surface area contributed by atoms with E-state index in [-0.39, 0.29) is 23.7 Å². The Hall–Kier alpha value is -6.33. The lowest BCUT2D eigenvalue weighted by Crippen LogP contribution is -2.71. The van der Waals surface area contributed by atoms with Crippen molar-refractivity contribution in [1.29, 1.82) is 0 Å². The molecule has 0 spiro atoms. The van der Waals surface area contributed by atoms with Crippen LogP contribution < -0.4 is 20.1 Å². The molecule has 16 heteroatoms. The number of alkyl halides is 1. The molecule has 2 N–H and O–H groups in total. The van der Waals surface area contributed by atoms with E-state index in [4.69, 9.17) is 19.4 Å². The standard InChI is InChI=1S/C50H43FN6O5S4/c1-3-13-31-20-25-38-37(28-31)54-49(65-38)66-40-30-63-46-42(45(59)57(46)43(40)47(60)62-36-23-21-35(61-2)22-24-36)55-44(58)41(52-27-26-51)39-29-53-48(64-39)56-50(32-14-7-4-8-15-32,33-16-9-5-10-17-33)34-18-11-6-12-19-34/h4-12,14-25,28-29,42,46H,3,13,26-27,30H2,1-2H3,(H,53,56)(H,55,58)/t42-,46?/m1/s1. The number of aryl methyl sites for hydroxylation is 1. The molecule has 0 saturated carbocycles. The Balaban J connectivity index is 0.989. The van der Waals surface area contributed by atoms with Gasteiger partial charge >= 0.3 is 5.97 Å². The number of β-lactam (4-membered cyclic amide) rings is 1. The van der Waals surface area contributed by atoms with Gasteiger partial charge in [0.15, 0.2) is 9.47 Å². The average molecular weight is 955 g/mol. The van der Waals surface area contributed by atoms with Gasteiger partial charge in [-0.15, -0.1) is 23.1 Å². The lowest BCUT2D eigenvalue weighted by atomic mass is 9.77. The summed E-state index contributed by atoms with van der Waals surface area (Å²) in [6.07, 6.45) is 3.49. The summed E-state index contributed by atoms with van der Waals surface area (Å²) in [6, 6.07) is 41.9. The molecule has 7 aromatic rings. The number of carbonyl (C=O) groups is 3. The number of nitrogens with one attached hydrogen (secondary N) is 2. The van der Waals surface area contributed by atoms with E-state index in [0.717, 1.165) is 44.1 Å². The smallest absolute Gasteiger partial charge is 0.361 e. The van der Waals surface area contributed by atoms with Gasteiger partial charge < -0.3 is 20.1 Å². The van der Waals surface area contributed by atoms with Crippen LogP contribution in [0.1, 0.15) is 40.5 Å². The van der Waals surface area contributed by atoms with Crippen LogP contribution in [-0.4, -0.2) is 75.9 Å². The van der Waals surface area contributed by atoms with Crippen LogP contribution in [0.2, 0.25) is 0 Å². The van der Waals surface area contributed by atoms with Crippen molar-refractivity contribution in [2.45, 2.75) is 41.1 Å². The van der Waals surface area contributed by atoms with Crippen molar-refractivity contribution in [2.24, 2.45) is 4.99 Å². The van der Waals surface area contributed by atoms with E-state index in [9.17, 15) is 18.8 Å². The molecule has 2 aromatic heterocycles. The second-order valence-corrected chi connectivity index (χ2v) is 19.8. The minimum absolute atomic E-state index is 0.0566. The molecule has 0 bridgehead atoms. The first-order valence-corrected chi connectivity index (χ1v) is 24.7. The Kier molecular flexibility index (Phi) is 13.6. The molecule has 5 aromatic carbocycles. The lowest BCUT2D eigenvalue weighted by Gasteiger charge is -2.49. The van der Waals surface area contributed by atoms with Crippen molar-refractivity contribution >= 4 is 85.0 Å². The van der Waals surface area contributed by atoms with Crippen LogP contribution in [0.25, 0.3) is 10.2 Å². The van der Waals surface area contributed by atoms with E-state index in [1.54, 1.807) is 31.4 Å². The highest BCUT2D eigenvalue weighted by molar-refractivity contribution is 8.07. The summed E-state index contributed by atoms with van der Waals surface area (Å²) >= 11 is 5.46. The quantitative estimate of drug-likeness (QED) is 0.0299. The summed E-state index contributed by atoms with van der Waals surface area (Å²) < 4.78 is 26.6. The van der Waals surface area contributed by atoms with E-state index < -0.39 is 41.4 Å². The first-order chi connectivity index (χ1) is 32.3. The number of methoxy groups -OCH3 is 1. The third-order valence-corrected chi connectivity index (χ3v) is 15.7. The maximum absolute atomic E-state index is 14.3. The number of esters is 1. The minimum Gasteiger partial charge on any atom is -0.497 e. The fourth-order valence-corrected chi connectivity index (χ4v) is 12.6. The van der Waals surface area contributed by atoms with Crippen molar-refractivity contribution in [3.05, 3.63) is 177 Å². The van der Waals surface area contributed by atoms with Crippen molar-refractivity contribution in [3.8, 4) is 11.5 Å². The molecular weight excluding hydrogens is 912 g/mol. The summed E-state index contributed by atoms with van der Waals surface area (Å²) in [7, 11) is 1.55. The van der Waals surface area contributed by atoms with Crippen molar-refractivity contribution < 1.29 is 28.2 Å². The number of aliphatic imine (C=N–C) groups is 1. The number of aromatic nitrogens is 2. The van der Waals surface area contributed by atoms with Crippen LogP contribution in [0.3, 0.4) is 0 Å². The Labute approximate surface area is 397 Å². The number of hydrogen-bond acceptors (Lipinski definition) is 13. The highest BCUT2D eigenvalue weighted by Crippen LogP contribution is 2.47. The summed E-state index contributed by atoms with van der Waals surface area (Å²) in [6.45, 7) is 1.06. The number of hydrogen-bond donors (Lipinski definition) is 2. The van der Waals surface area contributed by atoms with Gasteiger partial charge in [0.2, 0.25) is 0 Å². The van der Waals surface area contributed by atoms with Gasteiger partial charge in [0, 0.05) is 16.9 Å². The average Bonchev–Trinajstić information content (AvgIpc) is 3.99. The van der Waals surface area contributed by atoms with Crippen molar-refractivity contribution in [2.75, 3.05) is 31.4 Å². The van der Waals surface area contributed by atoms with Crippen LogP contribution >= 0.6 is 46.2 Å². The second kappa shape index (κ2) is 20.0. The number of thiazole rings is 2. The van der Waals surface area contributed by atoms with Crippen molar-refractivity contribution in [3.63, 3.8) is 0 Å². The Bertz CT molecular complexity index is 2830. The first kappa shape index (κ1) is 44.9. The number of anilines is 1. The topological polar surface area (TPSA) is 135 Å². The molecule has 1 fully saturated rings. The zero-order valence-electron chi connectivity index (χ0n) is 35.8. The molecule has 1 saturated heterocycles. The maximum atomic E-state index is 14.3. The number of halogens is 1. The van der Waals surface area contributed by atoms with Crippen LogP contribution in [0, 0.1) is 0 Å². The van der Waals surface area contributed by atoms with Crippen LogP contribution in [0.4, 0.5) is 9.52 Å². The van der Waals surface area contributed by atoms with Crippen LogP contribution in [0.15, 0.2) is 160 Å². The third kappa shape index (κ3) is 9.10. The van der Waals surface area contributed by atoms with Crippen LogP contribution in [0.5, 0.6) is 11.5 Å². The van der Waals surface area contributed by atoms with Gasteiger partial charge in [0.05, 0.1) is 28.7 Å². The first-order valence-electron chi connectivity index (χ1n) is 21.2. The largest absolute Gasteiger partial charge is 0.497 e. The molecule has 66 heavy (non-hydrogen) atoms. The Morgan fingerprint density at radius 2 is 1.55 bits per heavy atom. The molecule has 2 atom stereocenters. The molecule has 2 aliphatic heterocycles.